The van der Waals surface area contributed by atoms with Gasteiger partial charge in [-0.25, -0.2) is 8.42 Å². The van der Waals surface area contributed by atoms with Gasteiger partial charge in [0.2, 0.25) is 15.9 Å². The maximum absolute atomic E-state index is 12.8. The summed E-state index contributed by atoms with van der Waals surface area (Å²) in [5.41, 5.74) is 6.60. The van der Waals surface area contributed by atoms with Crippen LogP contribution in [0.2, 0.25) is 0 Å². The molecule has 1 saturated carbocycles. The topological polar surface area (TPSA) is 113 Å². The fraction of sp³-hybridized carbons (Fsp3) is 0.556. The highest BCUT2D eigenvalue weighted by Gasteiger charge is 2.42. The largest absolute Gasteiger partial charge is 0.354 e. The van der Waals surface area contributed by atoms with Crippen LogP contribution in [-0.2, 0) is 14.8 Å². The summed E-state index contributed by atoms with van der Waals surface area (Å²) in [5, 5.41) is 2.61. The van der Waals surface area contributed by atoms with Crippen molar-refractivity contribution in [3.63, 3.8) is 0 Å². The first-order chi connectivity index (χ1) is 12.9. The van der Waals surface area contributed by atoms with Crippen LogP contribution in [0.15, 0.2) is 29.2 Å². The lowest BCUT2D eigenvalue weighted by atomic mass is 9.98. The van der Waals surface area contributed by atoms with Gasteiger partial charge in [0.05, 0.1) is 11.4 Å². The second kappa shape index (κ2) is 7.98. The van der Waals surface area contributed by atoms with Gasteiger partial charge in [-0.1, -0.05) is 0 Å². The van der Waals surface area contributed by atoms with E-state index in [0.29, 0.717) is 30.5 Å². The third kappa shape index (κ3) is 3.76. The fourth-order valence-electron chi connectivity index (χ4n) is 4.39. The van der Waals surface area contributed by atoms with Crippen molar-refractivity contribution in [2.24, 2.45) is 17.6 Å². The molecular formula is C18H25ClN4O4S. The molecule has 3 unspecified atom stereocenters. The molecule has 2 heterocycles. The molecule has 4 rings (SSSR count). The number of amides is 2. The summed E-state index contributed by atoms with van der Waals surface area (Å²) < 4.78 is 26.5. The van der Waals surface area contributed by atoms with Crippen LogP contribution in [0, 0.1) is 11.8 Å². The van der Waals surface area contributed by atoms with Gasteiger partial charge in [-0.15, -0.1) is 12.4 Å². The van der Waals surface area contributed by atoms with E-state index in [9.17, 15) is 18.0 Å². The molecule has 0 bridgehead atoms. The zero-order valence-corrected chi connectivity index (χ0v) is 17.0. The van der Waals surface area contributed by atoms with Crippen LogP contribution in [0.1, 0.15) is 23.2 Å². The second-order valence-corrected chi connectivity index (χ2v) is 9.53. The van der Waals surface area contributed by atoms with Crippen LogP contribution in [0.4, 0.5) is 0 Å². The number of hydrogen-bond donors (Lipinski definition) is 2. The number of piperazine rings is 1. The highest BCUT2D eigenvalue weighted by Crippen LogP contribution is 2.37. The number of benzene rings is 1. The number of carbonyl (C=O) groups excluding carboxylic acids is 2. The van der Waals surface area contributed by atoms with Crippen LogP contribution in [0.25, 0.3) is 0 Å². The first-order valence-corrected chi connectivity index (χ1v) is 10.7. The van der Waals surface area contributed by atoms with E-state index in [0.717, 1.165) is 23.7 Å². The number of likely N-dealkylation sites (tertiary alicyclic amines) is 1. The minimum absolute atomic E-state index is 0. The van der Waals surface area contributed by atoms with Gasteiger partial charge in [0, 0.05) is 37.8 Å². The predicted octanol–water partition coefficient (Wildman–Crippen LogP) is 0.0382. The van der Waals surface area contributed by atoms with Gasteiger partial charge in [-0.3, -0.25) is 9.59 Å². The number of sulfonamides is 1. The molecule has 0 spiro atoms. The highest BCUT2D eigenvalue weighted by molar-refractivity contribution is 7.89. The van der Waals surface area contributed by atoms with Crippen LogP contribution < -0.4 is 11.1 Å². The van der Waals surface area contributed by atoms with E-state index in [4.69, 9.17) is 5.73 Å². The number of nitrogens with two attached hydrogens (primary N) is 1. The van der Waals surface area contributed by atoms with Crippen molar-refractivity contribution >= 4 is 34.2 Å². The summed E-state index contributed by atoms with van der Waals surface area (Å²) in [5.74, 6) is 0.458. The lowest BCUT2D eigenvalue weighted by Crippen LogP contribution is -2.49. The molecule has 3 fully saturated rings. The summed E-state index contributed by atoms with van der Waals surface area (Å²) >= 11 is 0. The molecule has 3 atom stereocenters. The molecular weight excluding hydrogens is 404 g/mol. The van der Waals surface area contributed by atoms with Crippen LogP contribution in [0.3, 0.4) is 0 Å². The van der Waals surface area contributed by atoms with E-state index in [2.05, 4.69) is 5.32 Å². The summed E-state index contributed by atoms with van der Waals surface area (Å²) in [6, 6.07) is 6.15. The lowest BCUT2D eigenvalue weighted by molar-refractivity contribution is -0.122. The first-order valence-electron chi connectivity index (χ1n) is 9.28. The number of hydrogen-bond acceptors (Lipinski definition) is 5. The Hall–Kier alpha value is -1.68. The van der Waals surface area contributed by atoms with E-state index in [1.54, 1.807) is 12.1 Å². The second-order valence-electron chi connectivity index (χ2n) is 7.59. The van der Waals surface area contributed by atoms with E-state index in [1.807, 2.05) is 4.90 Å². The molecule has 3 N–H and O–H groups in total. The Kier molecular flexibility index (Phi) is 6.00. The Bertz CT molecular complexity index is 861. The number of rotatable bonds is 3. The predicted molar refractivity (Wildman–Crippen MR) is 106 cm³/mol. The minimum atomic E-state index is -3.75. The molecule has 28 heavy (non-hydrogen) atoms. The molecule has 8 nitrogen and oxygen atoms in total. The Balaban J connectivity index is 0.00000225. The van der Waals surface area contributed by atoms with Crippen molar-refractivity contribution in [2.75, 3.05) is 32.7 Å². The number of nitrogens with zero attached hydrogens (tertiary/aromatic N) is 2. The molecule has 1 aromatic rings. The van der Waals surface area contributed by atoms with Gasteiger partial charge in [-0.2, -0.15) is 4.31 Å². The molecule has 1 aliphatic carbocycles. The van der Waals surface area contributed by atoms with Gasteiger partial charge < -0.3 is 16.0 Å². The van der Waals surface area contributed by atoms with Crippen molar-refractivity contribution in [3.8, 4) is 0 Å². The molecule has 10 heteroatoms. The maximum atomic E-state index is 12.8. The van der Waals surface area contributed by atoms with E-state index < -0.39 is 10.0 Å². The summed E-state index contributed by atoms with van der Waals surface area (Å²) in [6.07, 6.45) is 2.09. The number of carbonyl (C=O) groups is 2. The number of fused-ring (bicyclic) bond motifs is 1. The zero-order valence-electron chi connectivity index (χ0n) is 15.4. The fourth-order valence-corrected chi connectivity index (χ4v) is 5.79. The molecule has 2 aliphatic heterocycles. The molecule has 1 aromatic carbocycles. The Morgan fingerprint density at radius 3 is 2.50 bits per heavy atom. The molecule has 154 valence electrons. The van der Waals surface area contributed by atoms with Crippen molar-refractivity contribution in [1.82, 2.24) is 14.5 Å². The molecule has 2 saturated heterocycles. The van der Waals surface area contributed by atoms with E-state index >= 15 is 0 Å². The highest BCUT2D eigenvalue weighted by atomic mass is 35.5. The van der Waals surface area contributed by atoms with Gasteiger partial charge in [0.1, 0.15) is 0 Å². The quantitative estimate of drug-likeness (QED) is 0.705. The van der Waals surface area contributed by atoms with Gasteiger partial charge >= 0.3 is 0 Å². The Morgan fingerprint density at radius 2 is 1.86 bits per heavy atom. The first kappa shape index (κ1) is 21.0. The van der Waals surface area contributed by atoms with Crippen molar-refractivity contribution in [2.45, 2.75) is 23.8 Å². The summed E-state index contributed by atoms with van der Waals surface area (Å²) in [6.45, 7) is 1.76. The van der Waals surface area contributed by atoms with Crippen LogP contribution >= 0.6 is 12.4 Å². The Labute approximate surface area is 170 Å². The summed E-state index contributed by atoms with van der Waals surface area (Å²) in [4.78, 5) is 26.2. The third-order valence-electron chi connectivity index (χ3n) is 5.94. The van der Waals surface area contributed by atoms with Gasteiger partial charge in [0.15, 0.2) is 0 Å². The normalized spacial score (nSPS) is 27.8. The minimum Gasteiger partial charge on any atom is -0.354 e. The van der Waals surface area contributed by atoms with Crippen LogP contribution in [-0.4, -0.2) is 68.2 Å². The van der Waals surface area contributed by atoms with E-state index in [-0.39, 0.29) is 48.2 Å². The van der Waals surface area contributed by atoms with E-state index in [1.165, 1.54) is 12.1 Å². The monoisotopic (exact) mass is 428 g/mol. The third-order valence-corrected chi connectivity index (χ3v) is 7.80. The number of halogens is 1. The van der Waals surface area contributed by atoms with Crippen molar-refractivity contribution < 1.29 is 18.0 Å². The molecule has 0 radical (unpaired) electrons. The van der Waals surface area contributed by atoms with Gasteiger partial charge in [-0.05, 0) is 48.9 Å². The average Bonchev–Trinajstić information content (AvgIpc) is 3.23. The number of nitrogens with one attached hydrogen (secondary N) is 1. The Morgan fingerprint density at radius 1 is 1.14 bits per heavy atom. The SMILES string of the molecule is Cl.NC1CCC2CN(C(=O)c3ccc(S(=O)(=O)N4CCNC(=O)C4)cc3)CC12. The zero-order chi connectivity index (χ0) is 19.2. The molecule has 2 amide bonds. The summed E-state index contributed by atoms with van der Waals surface area (Å²) in [7, 11) is -3.75. The molecule has 0 aromatic heterocycles. The van der Waals surface area contributed by atoms with Crippen molar-refractivity contribution in [1.29, 1.82) is 0 Å². The van der Waals surface area contributed by atoms with Crippen LogP contribution in [0.5, 0.6) is 0 Å². The lowest BCUT2D eigenvalue weighted by Gasteiger charge is -2.26. The average molecular weight is 429 g/mol. The van der Waals surface area contributed by atoms with Gasteiger partial charge in [0.25, 0.3) is 5.91 Å². The molecule has 3 aliphatic rings. The maximum Gasteiger partial charge on any atom is 0.253 e. The standard InChI is InChI=1S/C18H24N4O4S.ClH/c19-16-6-3-13-9-21(10-15(13)16)18(24)12-1-4-14(5-2-12)27(25,26)22-8-7-20-17(23)11-22;/h1-2,4-5,13,15-16H,3,6-11,19H2,(H,20,23);1H. The van der Waals surface area contributed by atoms with Crippen molar-refractivity contribution in [3.05, 3.63) is 29.8 Å². The smallest absolute Gasteiger partial charge is 0.253 e.